The van der Waals surface area contributed by atoms with E-state index in [4.69, 9.17) is 4.74 Å². The molecule has 1 amide bonds. The van der Waals surface area contributed by atoms with Gasteiger partial charge >= 0.3 is 0 Å². The molecule has 5 nitrogen and oxygen atoms in total. The molecule has 3 aromatic rings. The van der Waals surface area contributed by atoms with Crippen LogP contribution in [0.5, 0.6) is 5.75 Å². The molecule has 27 heavy (non-hydrogen) atoms. The minimum Gasteiger partial charge on any atom is -0.494 e. The number of amides is 1. The zero-order valence-corrected chi connectivity index (χ0v) is 16.3. The topological polar surface area (TPSA) is 47.4 Å². The van der Waals surface area contributed by atoms with E-state index in [1.807, 2.05) is 70.3 Å². The molecule has 0 unspecified atom stereocenters. The summed E-state index contributed by atoms with van der Waals surface area (Å²) in [6.07, 6.45) is 3.55. The van der Waals surface area contributed by atoms with Crippen molar-refractivity contribution in [3.05, 3.63) is 77.4 Å². The SMILES string of the molecule is CCOc1ccc(CN(C)C(=O)c2cc(C)n(-c3cccnc3)c2C)cc1. The standard InChI is InChI=1S/C22H25N3O2/c1-5-27-20-10-8-18(9-11-20)15-24(4)22(26)21-13-16(2)25(17(21)3)19-7-6-12-23-14-19/h6-14H,5,15H2,1-4H3. The predicted octanol–water partition coefficient (Wildman–Crippen LogP) is 4.16. The maximum atomic E-state index is 13.0. The van der Waals surface area contributed by atoms with E-state index in [2.05, 4.69) is 9.55 Å². The molecule has 1 aromatic carbocycles. The highest BCUT2D eigenvalue weighted by molar-refractivity contribution is 5.95. The molecule has 0 radical (unpaired) electrons. The molecule has 2 heterocycles. The summed E-state index contributed by atoms with van der Waals surface area (Å²) in [5, 5.41) is 0. The minimum atomic E-state index is 0.00660. The lowest BCUT2D eigenvalue weighted by Crippen LogP contribution is -2.26. The lowest BCUT2D eigenvalue weighted by Gasteiger charge is -2.18. The van der Waals surface area contributed by atoms with Crippen LogP contribution < -0.4 is 4.74 Å². The summed E-state index contributed by atoms with van der Waals surface area (Å²) in [4.78, 5) is 18.9. The third-order valence-electron chi connectivity index (χ3n) is 4.57. The fraction of sp³-hybridized carbons (Fsp3) is 0.273. The summed E-state index contributed by atoms with van der Waals surface area (Å²) in [5.41, 5.74) is 4.67. The number of hydrogen-bond acceptors (Lipinski definition) is 3. The summed E-state index contributed by atoms with van der Waals surface area (Å²) in [6.45, 7) is 7.12. The summed E-state index contributed by atoms with van der Waals surface area (Å²) in [7, 11) is 1.83. The van der Waals surface area contributed by atoms with Crippen LogP contribution in [0.3, 0.4) is 0 Å². The van der Waals surface area contributed by atoms with Crippen LogP contribution in [0.15, 0.2) is 54.9 Å². The maximum absolute atomic E-state index is 13.0. The molecule has 0 N–H and O–H groups in total. The number of hydrogen-bond donors (Lipinski definition) is 0. The molecule has 140 valence electrons. The van der Waals surface area contributed by atoms with Crippen LogP contribution in [-0.2, 0) is 6.54 Å². The van der Waals surface area contributed by atoms with E-state index in [1.165, 1.54) is 0 Å². The van der Waals surface area contributed by atoms with E-state index >= 15 is 0 Å². The van der Waals surface area contributed by atoms with Crippen LogP contribution in [0.4, 0.5) is 0 Å². The summed E-state index contributed by atoms with van der Waals surface area (Å²) >= 11 is 0. The molecule has 0 saturated carbocycles. The maximum Gasteiger partial charge on any atom is 0.255 e. The van der Waals surface area contributed by atoms with E-state index in [-0.39, 0.29) is 5.91 Å². The van der Waals surface area contributed by atoms with Gasteiger partial charge in [-0.05, 0) is 56.7 Å². The number of carbonyl (C=O) groups excluding carboxylic acids is 1. The van der Waals surface area contributed by atoms with Crippen LogP contribution in [-0.4, -0.2) is 34.0 Å². The van der Waals surface area contributed by atoms with Gasteiger partial charge in [-0.15, -0.1) is 0 Å². The first-order valence-electron chi connectivity index (χ1n) is 9.07. The van der Waals surface area contributed by atoms with E-state index in [0.717, 1.165) is 28.4 Å². The van der Waals surface area contributed by atoms with Crippen LogP contribution >= 0.6 is 0 Å². The number of aryl methyl sites for hydroxylation is 1. The van der Waals surface area contributed by atoms with Crippen molar-refractivity contribution in [2.24, 2.45) is 0 Å². The van der Waals surface area contributed by atoms with Crippen LogP contribution in [0.2, 0.25) is 0 Å². The Balaban J connectivity index is 1.79. The van der Waals surface area contributed by atoms with Crippen LogP contribution in [0.25, 0.3) is 5.69 Å². The van der Waals surface area contributed by atoms with Gasteiger partial charge in [0, 0.05) is 31.2 Å². The first kappa shape index (κ1) is 18.7. The molecule has 0 fully saturated rings. The van der Waals surface area contributed by atoms with Gasteiger partial charge in [0.1, 0.15) is 5.75 Å². The van der Waals surface area contributed by atoms with Crippen LogP contribution in [0, 0.1) is 13.8 Å². The Labute approximate surface area is 160 Å². The monoisotopic (exact) mass is 363 g/mol. The van der Waals surface area contributed by atoms with Gasteiger partial charge in [0.25, 0.3) is 5.91 Å². The zero-order valence-electron chi connectivity index (χ0n) is 16.3. The Morgan fingerprint density at radius 3 is 2.56 bits per heavy atom. The number of ether oxygens (including phenoxy) is 1. The van der Waals surface area contributed by atoms with Crippen molar-refractivity contribution in [1.82, 2.24) is 14.5 Å². The van der Waals surface area contributed by atoms with E-state index in [1.54, 1.807) is 17.3 Å². The molecule has 0 saturated heterocycles. The molecule has 0 aliphatic heterocycles. The number of nitrogens with zero attached hydrogens (tertiary/aromatic N) is 3. The van der Waals surface area contributed by atoms with Crippen molar-refractivity contribution < 1.29 is 9.53 Å². The second-order valence-corrected chi connectivity index (χ2v) is 6.57. The molecule has 0 aliphatic carbocycles. The van der Waals surface area contributed by atoms with Gasteiger partial charge in [-0.25, -0.2) is 0 Å². The second kappa shape index (κ2) is 8.08. The van der Waals surface area contributed by atoms with Gasteiger partial charge in [-0.1, -0.05) is 12.1 Å². The first-order chi connectivity index (χ1) is 13.0. The third kappa shape index (κ3) is 4.03. The van der Waals surface area contributed by atoms with Crippen molar-refractivity contribution in [2.75, 3.05) is 13.7 Å². The van der Waals surface area contributed by atoms with Gasteiger partial charge in [-0.2, -0.15) is 0 Å². The molecule has 0 aliphatic rings. The molecular formula is C22H25N3O2. The van der Waals surface area contributed by atoms with Gasteiger partial charge < -0.3 is 14.2 Å². The smallest absolute Gasteiger partial charge is 0.255 e. The Morgan fingerprint density at radius 2 is 1.93 bits per heavy atom. The fourth-order valence-corrected chi connectivity index (χ4v) is 3.27. The normalized spacial score (nSPS) is 10.7. The number of aromatic nitrogens is 2. The quantitative estimate of drug-likeness (QED) is 0.661. The van der Waals surface area contributed by atoms with Gasteiger partial charge in [-0.3, -0.25) is 9.78 Å². The van der Waals surface area contributed by atoms with Gasteiger partial charge in [0.05, 0.1) is 24.1 Å². The molecule has 0 spiro atoms. The highest BCUT2D eigenvalue weighted by Gasteiger charge is 2.20. The lowest BCUT2D eigenvalue weighted by atomic mass is 10.1. The highest BCUT2D eigenvalue weighted by Crippen LogP contribution is 2.22. The molecule has 0 atom stereocenters. The van der Waals surface area contributed by atoms with Crippen molar-refractivity contribution in [3.8, 4) is 11.4 Å². The van der Waals surface area contributed by atoms with Gasteiger partial charge in [0.2, 0.25) is 0 Å². The number of pyridine rings is 1. The second-order valence-electron chi connectivity index (χ2n) is 6.57. The van der Waals surface area contributed by atoms with Gasteiger partial charge in [0.15, 0.2) is 0 Å². The molecule has 3 rings (SSSR count). The third-order valence-corrected chi connectivity index (χ3v) is 4.57. The number of carbonyl (C=O) groups is 1. The van der Waals surface area contributed by atoms with Crippen molar-refractivity contribution >= 4 is 5.91 Å². The Morgan fingerprint density at radius 1 is 1.19 bits per heavy atom. The zero-order chi connectivity index (χ0) is 19.4. The molecule has 2 aromatic heterocycles. The van der Waals surface area contributed by atoms with Crippen molar-refractivity contribution in [1.29, 1.82) is 0 Å². The van der Waals surface area contributed by atoms with Crippen molar-refractivity contribution in [3.63, 3.8) is 0 Å². The fourth-order valence-electron chi connectivity index (χ4n) is 3.27. The summed E-state index contributed by atoms with van der Waals surface area (Å²) in [6, 6.07) is 13.7. The lowest BCUT2D eigenvalue weighted by molar-refractivity contribution is 0.0784. The minimum absolute atomic E-state index is 0.00660. The Kier molecular flexibility index (Phi) is 5.60. The average Bonchev–Trinajstić information content (AvgIpc) is 2.97. The van der Waals surface area contributed by atoms with E-state index in [9.17, 15) is 4.79 Å². The number of rotatable bonds is 6. The molecule has 0 bridgehead atoms. The van der Waals surface area contributed by atoms with E-state index < -0.39 is 0 Å². The van der Waals surface area contributed by atoms with Crippen LogP contribution in [0.1, 0.15) is 34.2 Å². The average molecular weight is 363 g/mol. The first-order valence-corrected chi connectivity index (χ1v) is 9.07. The summed E-state index contributed by atoms with van der Waals surface area (Å²) < 4.78 is 7.53. The van der Waals surface area contributed by atoms with E-state index in [0.29, 0.717) is 18.7 Å². The Hall–Kier alpha value is -3.08. The number of benzene rings is 1. The summed E-state index contributed by atoms with van der Waals surface area (Å²) in [5.74, 6) is 0.849. The molecule has 5 heteroatoms. The predicted molar refractivity (Wildman–Crippen MR) is 106 cm³/mol. The molecular weight excluding hydrogens is 338 g/mol. The Bertz CT molecular complexity index is 915. The largest absolute Gasteiger partial charge is 0.494 e. The van der Waals surface area contributed by atoms with Crippen molar-refractivity contribution in [2.45, 2.75) is 27.3 Å². The highest BCUT2D eigenvalue weighted by atomic mass is 16.5.